The van der Waals surface area contributed by atoms with Crippen molar-refractivity contribution in [2.45, 2.75) is 22.2 Å². The quantitative estimate of drug-likeness (QED) is 0.574. The Morgan fingerprint density at radius 3 is 1.56 bits per heavy atom. The van der Waals surface area contributed by atoms with Crippen LogP contribution in [0.5, 0.6) is 0 Å². The summed E-state index contributed by atoms with van der Waals surface area (Å²) in [6.07, 6.45) is 16.4. The van der Waals surface area contributed by atoms with E-state index in [1.54, 1.807) is 0 Å². The molecule has 0 fully saturated rings. The zero-order chi connectivity index (χ0) is 10.3. The van der Waals surface area contributed by atoms with Crippen LogP contribution in [0.25, 0.3) is 0 Å². The van der Waals surface area contributed by atoms with E-state index in [9.17, 15) is 0 Å². The fourth-order valence-corrected chi connectivity index (χ4v) is 20.8. The molecule has 0 bridgehead atoms. The molecule has 0 unspecified atom stereocenters. The Bertz CT molecular complexity index is 350. The molecule has 0 aromatic carbocycles. The molecule has 0 amide bonds. The van der Waals surface area contributed by atoms with Gasteiger partial charge < -0.3 is 0 Å². The molecule has 0 aliphatic heterocycles. The van der Waals surface area contributed by atoms with E-state index in [-0.39, 0.29) is 24.8 Å². The van der Waals surface area contributed by atoms with E-state index in [4.69, 9.17) is 0 Å². The molecule has 0 spiro atoms. The maximum atomic E-state index is 2.63. The molecule has 0 nitrogen and oxygen atoms in total. The first-order valence-electron chi connectivity index (χ1n) is 5.43. The normalized spacial score (nSPS) is 20.5. The predicted molar refractivity (Wildman–Crippen MR) is 79.8 cm³/mol. The minimum atomic E-state index is -2.62. The van der Waals surface area contributed by atoms with Crippen molar-refractivity contribution in [3.8, 4) is 0 Å². The van der Waals surface area contributed by atoms with E-state index in [0.29, 0.717) is 0 Å². The summed E-state index contributed by atoms with van der Waals surface area (Å²) in [5, 5.41) is 0. The van der Waals surface area contributed by atoms with Crippen LogP contribution in [0.4, 0.5) is 0 Å². The molecule has 16 heavy (non-hydrogen) atoms. The second-order valence-corrected chi connectivity index (χ2v) is 57.4. The van der Waals surface area contributed by atoms with E-state index >= 15 is 0 Å². The Morgan fingerprint density at radius 1 is 0.938 bits per heavy atom. The molecule has 0 radical (unpaired) electrons. The molecule has 91 valence electrons. The van der Waals surface area contributed by atoms with Crippen LogP contribution in [-0.4, -0.2) is 7.43 Å². The van der Waals surface area contributed by atoms with Gasteiger partial charge in [-0.15, -0.1) is 24.8 Å². The van der Waals surface area contributed by atoms with Crippen LogP contribution in [-0.2, 0) is 17.7 Å². The summed E-state index contributed by atoms with van der Waals surface area (Å²) in [5.74, 6) is 0. The van der Waals surface area contributed by atoms with Crippen molar-refractivity contribution in [1.82, 2.24) is 0 Å². The SMILES string of the molecule is Cl.Cl.[CH3][Hf]([CH3])([SiH3])([C]1=CC=CC1)[C]1=CC=CC1. The van der Waals surface area contributed by atoms with Gasteiger partial charge in [-0.3, -0.25) is 0 Å². The van der Waals surface area contributed by atoms with Crippen LogP contribution < -0.4 is 0 Å². The Labute approximate surface area is 114 Å². The van der Waals surface area contributed by atoms with Gasteiger partial charge in [0.05, 0.1) is 0 Å². The Morgan fingerprint density at radius 2 is 1.31 bits per heavy atom. The van der Waals surface area contributed by atoms with E-state index in [2.05, 4.69) is 45.8 Å². The first-order chi connectivity index (χ1) is 6.49. The number of hydrogen-bond donors (Lipinski definition) is 0. The monoisotopic (exact) mass is 443 g/mol. The molecule has 0 N–H and O–H groups in total. The van der Waals surface area contributed by atoms with Crippen molar-refractivity contribution in [2.75, 3.05) is 0 Å². The van der Waals surface area contributed by atoms with Crippen LogP contribution in [0.1, 0.15) is 12.8 Å². The first kappa shape index (κ1) is 16.6. The van der Waals surface area contributed by atoms with Gasteiger partial charge in [-0.2, -0.15) is 0 Å². The van der Waals surface area contributed by atoms with Gasteiger partial charge in [0.1, 0.15) is 0 Å². The van der Waals surface area contributed by atoms with Crippen molar-refractivity contribution in [3.63, 3.8) is 0 Å². The molecule has 2 aliphatic rings. The molecular formula is C12H21Cl2HfSi. The van der Waals surface area contributed by atoms with E-state index in [0.717, 1.165) is 0 Å². The van der Waals surface area contributed by atoms with Crippen LogP contribution in [0, 0.1) is 0 Å². The fourth-order valence-electron chi connectivity index (χ4n) is 2.40. The van der Waals surface area contributed by atoms with Gasteiger partial charge in [0, 0.05) is 0 Å². The van der Waals surface area contributed by atoms with Crippen LogP contribution in [0.2, 0.25) is 9.36 Å². The standard InChI is InChI=1S/2C5H5.2CH3.2ClH.Hf.H3Si/c2*1-2-4-5-3-1;;;;;;/h2*1-3H,4H2;2*1H3;2*1H;;1H3. The van der Waals surface area contributed by atoms with Gasteiger partial charge in [-0.1, -0.05) is 0 Å². The average molecular weight is 443 g/mol. The third-order valence-corrected chi connectivity index (χ3v) is 33.1. The Kier molecular flexibility index (Phi) is 5.73. The topological polar surface area (TPSA) is 0 Å². The number of allylic oxidation sites excluding steroid dienone is 8. The fraction of sp³-hybridized carbons (Fsp3) is 0.333. The Hall–Kier alpha value is 0.627. The van der Waals surface area contributed by atoms with E-state index in [1.807, 2.05) is 6.66 Å². The minimum absolute atomic E-state index is 0. The zero-order valence-electron chi connectivity index (χ0n) is 10.2. The summed E-state index contributed by atoms with van der Waals surface area (Å²) in [4.78, 5) is 0. The summed E-state index contributed by atoms with van der Waals surface area (Å²) < 4.78 is 8.87. The molecule has 4 heteroatoms. The van der Waals surface area contributed by atoms with Gasteiger partial charge in [0.25, 0.3) is 0 Å². The molecular weight excluding hydrogens is 422 g/mol. The molecule has 0 saturated heterocycles. The van der Waals surface area contributed by atoms with Crippen molar-refractivity contribution < 1.29 is 17.7 Å². The van der Waals surface area contributed by atoms with Crippen molar-refractivity contribution in [1.29, 1.82) is 0 Å². The number of rotatable bonds is 2. The molecule has 2 rings (SSSR count). The third-order valence-electron chi connectivity index (χ3n) is 3.79. The molecule has 0 heterocycles. The molecule has 0 aromatic heterocycles. The van der Waals surface area contributed by atoms with Gasteiger partial charge >= 0.3 is 90.4 Å². The first-order valence-corrected chi connectivity index (χ1v) is 28.0. The maximum absolute atomic E-state index is 2.63. The van der Waals surface area contributed by atoms with Crippen LogP contribution in [0.3, 0.4) is 0 Å². The summed E-state index contributed by atoms with van der Waals surface area (Å²) >= 11 is -2.62. The van der Waals surface area contributed by atoms with Crippen molar-refractivity contribution in [2.24, 2.45) is 0 Å². The van der Waals surface area contributed by atoms with E-state index < -0.39 is 17.7 Å². The zero-order valence-corrected chi connectivity index (χ0v) is 17.4. The van der Waals surface area contributed by atoms with Crippen LogP contribution in [0.15, 0.2) is 43.1 Å². The molecule has 0 atom stereocenters. The summed E-state index contributed by atoms with van der Waals surface area (Å²) in [5.41, 5.74) is 0. The van der Waals surface area contributed by atoms with Crippen molar-refractivity contribution >= 4 is 32.2 Å². The van der Waals surface area contributed by atoms with Gasteiger partial charge in [-0.25, -0.2) is 0 Å². The molecule has 0 saturated carbocycles. The third kappa shape index (κ3) is 2.90. The number of hydrogen-bond acceptors (Lipinski definition) is 0. The number of halogens is 2. The van der Waals surface area contributed by atoms with Gasteiger partial charge in [0.15, 0.2) is 0 Å². The van der Waals surface area contributed by atoms with Gasteiger partial charge in [-0.05, 0) is 0 Å². The average Bonchev–Trinajstić information content (AvgIpc) is 2.78. The van der Waals surface area contributed by atoms with Crippen LogP contribution >= 0.6 is 24.8 Å². The summed E-state index contributed by atoms with van der Waals surface area (Å²) in [7, 11) is 1.40. The molecule has 0 aromatic rings. The summed E-state index contributed by atoms with van der Waals surface area (Å²) in [6.45, 7) is 0. The predicted octanol–water partition coefficient (Wildman–Crippen LogP) is 3.58. The Balaban J connectivity index is 0.00000112. The second-order valence-electron chi connectivity index (χ2n) is 5.77. The molecule has 2 aliphatic carbocycles. The van der Waals surface area contributed by atoms with E-state index in [1.165, 1.54) is 20.3 Å². The second kappa shape index (κ2) is 5.51. The van der Waals surface area contributed by atoms with Crippen molar-refractivity contribution in [3.05, 3.63) is 43.1 Å². The van der Waals surface area contributed by atoms with Gasteiger partial charge in [0.2, 0.25) is 0 Å². The summed E-state index contributed by atoms with van der Waals surface area (Å²) in [6, 6.07) is 0.